The van der Waals surface area contributed by atoms with Gasteiger partial charge >= 0.3 is 0 Å². The standard InChI is InChI=1S/C13H17N3OS/c1-8(2)9(14)7-12(17)16-13-15-10-5-3-4-6-11(10)18-13/h3-6,8-9H,7,14H2,1-2H3,(H,15,16,17). The fourth-order valence-electron chi connectivity index (χ4n) is 1.55. The predicted octanol–water partition coefficient (Wildman–Crippen LogP) is 2.61. The minimum absolute atomic E-state index is 0.0738. The fourth-order valence-corrected chi connectivity index (χ4v) is 2.43. The van der Waals surface area contributed by atoms with Crippen LogP contribution in [0.15, 0.2) is 24.3 Å². The van der Waals surface area contributed by atoms with Crippen LogP contribution in [0.3, 0.4) is 0 Å². The van der Waals surface area contributed by atoms with E-state index < -0.39 is 0 Å². The van der Waals surface area contributed by atoms with Crippen molar-refractivity contribution >= 4 is 32.6 Å². The highest BCUT2D eigenvalue weighted by atomic mass is 32.1. The van der Waals surface area contributed by atoms with Crippen LogP contribution in [0.5, 0.6) is 0 Å². The number of nitrogens with zero attached hydrogens (tertiary/aromatic N) is 1. The second kappa shape index (κ2) is 5.46. The zero-order valence-corrected chi connectivity index (χ0v) is 11.3. The Balaban J connectivity index is 2.03. The van der Waals surface area contributed by atoms with Gasteiger partial charge in [0, 0.05) is 12.5 Å². The summed E-state index contributed by atoms with van der Waals surface area (Å²) in [7, 11) is 0. The Labute approximate surface area is 110 Å². The smallest absolute Gasteiger partial charge is 0.227 e. The van der Waals surface area contributed by atoms with Gasteiger partial charge in [-0.3, -0.25) is 4.79 Å². The normalized spacial score (nSPS) is 12.9. The van der Waals surface area contributed by atoms with Gasteiger partial charge in [0.1, 0.15) is 0 Å². The third-order valence-electron chi connectivity index (χ3n) is 2.82. The summed E-state index contributed by atoms with van der Waals surface area (Å²) in [4.78, 5) is 16.1. The van der Waals surface area contributed by atoms with Gasteiger partial charge in [0.05, 0.1) is 10.2 Å². The SMILES string of the molecule is CC(C)C(N)CC(=O)Nc1nc2ccccc2s1. The van der Waals surface area contributed by atoms with Gasteiger partial charge in [0.2, 0.25) is 5.91 Å². The lowest BCUT2D eigenvalue weighted by molar-refractivity contribution is -0.116. The van der Waals surface area contributed by atoms with E-state index in [1.165, 1.54) is 11.3 Å². The molecule has 2 rings (SSSR count). The van der Waals surface area contributed by atoms with E-state index in [-0.39, 0.29) is 11.9 Å². The molecule has 1 aromatic carbocycles. The molecular formula is C13H17N3OS. The second-order valence-corrected chi connectivity index (χ2v) is 5.68. The van der Waals surface area contributed by atoms with Crippen LogP contribution in [-0.4, -0.2) is 16.9 Å². The van der Waals surface area contributed by atoms with Gasteiger partial charge in [0.25, 0.3) is 0 Å². The first-order valence-corrected chi connectivity index (χ1v) is 6.79. The number of benzene rings is 1. The molecule has 0 radical (unpaired) electrons. The van der Waals surface area contributed by atoms with Crippen molar-refractivity contribution in [3.05, 3.63) is 24.3 Å². The van der Waals surface area contributed by atoms with E-state index in [0.29, 0.717) is 17.5 Å². The maximum absolute atomic E-state index is 11.8. The summed E-state index contributed by atoms with van der Waals surface area (Å²) in [6.45, 7) is 4.02. The highest BCUT2D eigenvalue weighted by Crippen LogP contribution is 2.25. The molecule has 0 saturated heterocycles. The zero-order valence-electron chi connectivity index (χ0n) is 10.5. The van der Waals surface area contributed by atoms with Crippen LogP contribution in [0.4, 0.5) is 5.13 Å². The highest BCUT2D eigenvalue weighted by molar-refractivity contribution is 7.22. The van der Waals surface area contributed by atoms with E-state index >= 15 is 0 Å². The van der Waals surface area contributed by atoms with Crippen molar-refractivity contribution in [3.8, 4) is 0 Å². The average molecular weight is 263 g/mol. The third-order valence-corrected chi connectivity index (χ3v) is 3.77. The number of aromatic nitrogens is 1. The summed E-state index contributed by atoms with van der Waals surface area (Å²) >= 11 is 1.48. The third kappa shape index (κ3) is 3.05. The van der Waals surface area contributed by atoms with Crippen molar-refractivity contribution in [1.29, 1.82) is 0 Å². The monoisotopic (exact) mass is 263 g/mol. The Morgan fingerprint density at radius 1 is 1.44 bits per heavy atom. The fraction of sp³-hybridized carbons (Fsp3) is 0.385. The molecule has 0 fully saturated rings. The number of nitrogens with one attached hydrogen (secondary N) is 1. The van der Waals surface area contributed by atoms with Gasteiger partial charge in [-0.1, -0.05) is 37.3 Å². The molecule has 1 amide bonds. The van der Waals surface area contributed by atoms with Crippen molar-refractivity contribution in [1.82, 2.24) is 4.98 Å². The van der Waals surface area contributed by atoms with Crippen molar-refractivity contribution in [2.24, 2.45) is 11.7 Å². The molecule has 0 saturated carbocycles. The Bertz CT molecular complexity index is 517. The maximum atomic E-state index is 11.8. The van der Waals surface area contributed by atoms with E-state index in [4.69, 9.17) is 5.73 Å². The second-order valence-electron chi connectivity index (χ2n) is 4.65. The molecule has 96 valence electrons. The van der Waals surface area contributed by atoms with Gasteiger partial charge in [-0.15, -0.1) is 0 Å². The lowest BCUT2D eigenvalue weighted by Gasteiger charge is -2.14. The number of para-hydroxylation sites is 1. The molecule has 1 atom stereocenters. The van der Waals surface area contributed by atoms with Gasteiger partial charge in [-0.25, -0.2) is 4.98 Å². The molecule has 4 nitrogen and oxygen atoms in total. The molecule has 18 heavy (non-hydrogen) atoms. The number of nitrogens with two attached hydrogens (primary N) is 1. The Morgan fingerprint density at radius 2 is 2.17 bits per heavy atom. The minimum atomic E-state index is -0.112. The van der Waals surface area contributed by atoms with Gasteiger partial charge in [0.15, 0.2) is 5.13 Å². The maximum Gasteiger partial charge on any atom is 0.227 e. The number of rotatable bonds is 4. The van der Waals surface area contributed by atoms with Gasteiger partial charge in [-0.2, -0.15) is 0 Å². The number of carbonyl (C=O) groups excluding carboxylic acids is 1. The summed E-state index contributed by atoms with van der Waals surface area (Å²) in [6, 6.07) is 7.70. The predicted molar refractivity (Wildman–Crippen MR) is 75.7 cm³/mol. The summed E-state index contributed by atoms with van der Waals surface area (Å²) in [5, 5.41) is 3.44. The van der Waals surface area contributed by atoms with Crippen molar-refractivity contribution < 1.29 is 4.79 Å². The van der Waals surface area contributed by atoms with Gasteiger partial charge < -0.3 is 11.1 Å². The van der Waals surface area contributed by atoms with E-state index in [9.17, 15) is 4.79 Å². The van der Waals surface area contributed by atoms with Crippen LogP contribution in [0.25, 0.3) is 10.2 Å². The molecule has 1 aromatic heterocycles. The first kappa shape index (κ1) is 13.0. The number of hydrogen-bond acceptors (Lipinski definition) is 4. The molecule has 5 heteroatoms. The molecule has 0 aliphatic carbocycles. The van der Waals surface area contributed by atoms with Crippen LogP contribution < -0.4 is 11.1 Å². The minimum Gasteiger partial charge on any atom is -0.327 e. The molecule has 2 aromatic rings. The molecule has 1 heterocycles. The summed E-state index contributed by atoms with van der Waals surface area (Å²) in [6.07, 6.45) is 0.327. The topological polar surface area (TPSA) is 68.0 Å². The average Bonchev–Trinajstić information content (AvgIpc) is 2.70. The number of thiazole rings is 1. The molecule has 1 unspecified atom stereocenters. The molecule has 0 aliphatic rings. The molecule has 0 bridgehead atoms. The van der Waals surface area contributed by atoms with Crippen LogP contribution in [0.2, 0.25) is 0 Å². The summed E-state index contributed by atoms with van der Waals surface area (Å²) in [5.41, 5.74) is 6.78. The number of anilines is 1. The van der Waals surface area contributed by atoms with Crippen molar-refractivity contribution in [3.63, 3.8) is 0 Å². The highest BCUT2D eigenvalue weighted by Gasteiger charge is 2.14. The van der Waals surface area contributed by atoms with E-state index in [1.54, 1.807) is 0 Å². The van der Waals surface area contributed by atoms with E-state index in [0.717, 1.165) is 10.2 Å². The summed E-state index contributed by atoms with van der Waals surface area (Å²) in [5.74, 6) is 0.223. The number of hydrogen-bond donors (Lipinski definition) is 2. The van der Waals surface area contributed by atoms with Crippen LogP contribution in [0, 0.1) is 5.92 Å². The van der Waals surface area contributed by atoms with Crippen molar-refractivity contribution in [2.75, 3.05) is 5.32 Å². The lowest BCUT2D eigenvalue weighted by atomic mass is 10.0. The lowest BCUT2D eigenvalue weighted by Crippen LogP contribution is -2.31. The first-order chi connectivity index (χ1) is 8.56. The quantitative estimate of drug-likeness (QED) is 0.891. The Morgan fingerprint density at radius 3 is 2.83 bits per heavy atom. The molecule has 0 spiro atoms. The van der Waals surface area contributed by atoms with Crippen molar-refractivity contribution in [2.45, 2.75) is 26.3 Å². The van der Waals surface area contributed by atoms with E-state index in [2.05, 4.69) is 10.3 Å². The van der Waals surface area contributed by atoms with Crippen LogP contribution >= 0.6 is 11.3 Å². The number of fused-ring (bicyclic) bond motifs is 1. The van der Waals surface area contributed by atoms with Gasteiger partial charge in [-0.05, 0) is 18.1 Å². The number of amides is 1. The van der Waals surface area contributed by atoms with E-state index in [1.807, 2.05) is 38.1 Å². The molecule has 3 N–H and O–H groups in total. The zero-order chi connectivity index (χ0) is 13.1. The molecule has 0 aliphatic heterocycles. The Kier molecular flexibility index (Phi) is 3.93. The van der Waals surface area contributed by atoms with Crippen LogP contribution in [0.1, 0.15) is 20.3 Å². The van der Waals surface area contributed by atoms with Crippen LogP contribution in [-0.2, 0) is 4.79 Å². The summed E-state index contributed by atoms with van der Waals surface area (Å²) < 4.78 is 1.07. The Hall–Kier alpha value is -1.46. The number of carbonyl (C=O) groups is 1. The first-order valence-electron chi connectivity index (χ1n) is 5.97. The molecular weight excluding hydrogens is 246 g/mol. The largest absolute Gasteiger partial charge is 0.327 e.